The zero-order chi connectivity index (χ0) is 23.3. The van der Waals surface area contributed by atoms with Crippen LogP contribution < -0.4 is 5.73 Å². The second kappa shape index (κ2) is 19.0. The number of unbranched alkanes of at least 4 members (excludes halogenated alkanes) is 14. The van der Waals surface area contributed by atoms with Crippen LogP contribution in [0.3, 0.4) is 0 Å². The summed E-state index contributed by atoms with van der Waals surface area (Å²) < 4.78 is 0.306. The normalized spacial score (nSPS) is 18.0. The van der Waals surface area contributed by atoms with Gasteiger partial charge in [-0.3, -0.25) is 0 Å². The summed E-state index contributed by atoms with van der Waals surface area (Å²) in [5, 5.41) is 9.26. The van der Waals surface area contributed by atoms with Crippen LogP contribution in [-0.4, -0.2) is 41.0 Å². The molecule has 0 bridgehead atoms. The fourth-order valence-electron chi connectivity index (χ4n) is 4.52. The van der Waals surface area contributed by atoms with E-state index in [1.54, 1.807) is 6.20 Å². The smallest absolute Gasteiger partial charge is 0.360 e. The molecule has 5 heteroatoms. The second-order valence-electron chi connectivity index (χ2n) is 9.34. The van der Waals surface area contributed by atoms with Gasteiger partial charge in [0.05, 0.1) is 6.20 Å². The van der Waals surface area contributed by atoms with Crippen molar-refractivity contribution in [3.63, 3.8) is 0 Å². The lowest BCUT2D eigenvalue weighted by molar-refractivity contribution is -0.778. The zero-order valence-corrected chi connectivity index (χ0v) is 20.8. The maximum Gasteiger partial charge on any atom is 0.360 e. The first kappa shape index (κ1) is 28.6. The number of nitrogens with zero attached hydrogens (tertiary/aromatic N) is 2. The van der Waals surface area contributed by atoms with Crippen LogP contribution in [0.15, 0.2) is 29.5 Å². The van der Waals surface area contributed by atoms with Crippen LogP contribution in [0, 0.1) is 0 Å². The van der Waals surface area contributed by atoms with E-state index in [9.17, 15) is 9.90 Å². The number of amidine groups is 1. The summed E-state index contributed by atoms with van der Waals surface area (Å²) in [4.78, 5) is 15.7. The van der Waals surface area contributed by atoms with Crippen molar-refractivity contribution >= 4 is 11.8 Å². The summed E-state index contributed by atoms with van der Waals surface area (Å²) in [5.74, 6) is 0.162. The van der Waals surface area contributed by atoms with Crippen molar-refractivity contribution in [3.8, 4) is 0 Å². The number of allylic oxidation sites excluding steroid dienone is 2. The Hall–Kier alpha value is -1.46. The summed E-state index contributed by atoms with van der Waals surface area (Å²) in [6.45, 7) is 3.38. The first-order valence-corrected chi connectivity index (χ1v) is 13.3. The van der Waals surface area contributed by atoms with E-state index in [-0.39, 0.29) is 6.54 Å². The Morgan fingerprint density at radius 2 is 1.44 bits per heavy atom. The fourth-order valence-corrected chi connectivity index (χ4v) is 4.52. The molecule has 0 radical (unpaired) electrons. The van der Waals surface area contributed by atoms with Crippen LogP contribution in [-0.2, 0) is 4.79 Å². The van der Waals surface area contributed by atoms with E-state index >= 15 is 0 Å². The summed E-state index contributed by atoms with van der Waals surface area (Å²) in [5.41, 5.74) is 5.73. The molecular weight excluding hydrogens is 398 g/mol. The van der Waals surface area contributed by atoms with E-state index in [0.717, 1.165) is 18.7 Å². The molecule has 32 heavy (non-hydrogen) atoms. The molecule has 1 heterocycles. The average Bonchev–Trinajstić information content (AvgIpc) is 3.14. The maximum atomic E-state index is 11.3. The van der Waals surface area contributed by atoms with E-state index in [1.165, 1.54) is 96.3 Å². The van der Waals surface area contributed by atoms with E-state index in [4.69, 9.17) is 5.73 Å². The standard InChI is InChI=1S/C27H49N3O2/c1-2-3-4-5-6-7-8-9-10-11-12-13-14-15-16-17-18-19-20-26-29-22-24-30(26,23-21-28)25-27(31)32/h8-9,22,24H,2-7,10-21,23,25,28H2,1H3/p+1/b9-8+. The zero-order valence-electron chi connectivity index (χ0n) is 20.8. The molecule has 0 amide bonds. The largest absolute Gasteiger partial charge is 0.477 e. The summed E-state index contributed by atoms with van der Waals surface area (Å²) in [7, 11) is 0. The molecule has 1 rings (SSSR count). The number of quaternary nitrogens is 1. The van der Waals surface area contributed by atoms with Crippen molar-refractivity contribution < 1.29 is 14.4 Å². The molecule has 1 unspecified atom stereocenters. The summed E-state index contributed by atoms with van der Waals surface area (Å²) >= 11 is 0. The molecule has 0 saturated heterocycles. The highest BCUT2D eigenvalue weighted by Crippen LogP contribution is 2.21. The van der Waals surface area contributed by atoms with Crippen LogP contribution >= 0.6 is 0 Å². The second-order valence-corrected chi connectivity index (χ2v) is 9.34. The van der Waals surface area contributed by atoms with Gasteiger partial charge in [0.25, 0.3) is 0 Å². The van der Waals surface area contributed by atoms with Crippen molar-refractivity contribution in [2.45, 2.75) is 116 Å². The number of hydrogen-bond acceptors (Lipinski definition) is 3. The van der Waals surface area contributed by atoms with Crippen LogP contribution in [0.2, 0.25) is 0 Å². The Balaban J connectivity index is 1.94. The van der Waals surface area contributed by atoms with Gasteiger partial charge in [0.15, 0.2) is 6.54 Å². The van der Waals surface area contributed by atoms with E-state index in [1.807, 2.05) is 6.20 Å². The van der Waals surface area contributed by atoms with Crippen molar-refractivity contribution in [3.05, 3.63) is 24.6 Å². The van der Waals surface area contributed by atoms with Crippen molar-refractivity contribution in [2.24, 2.45) is 10.7 Å². The number of carboxylic acid groups (broad SMARTS) is 1. The molecule has 1 atom stereocenters. The SMILES string of the molecule is CCCCCCC/C=C/CCCCCCCCCCCC1=NC=C[N+]1(CCN)CC(=O)O. The lowest BCUT2D eigenvalue weighted by Gasteiger charge is -2.30. The maximum absolute atomic E-state index is 11.3. The van der Waals surface area contributed by atoms with Gasteiger partial charge < -0.3 is 10.8 Å². The topological polar surface area (TPSA) is 75.7 Å². The Morgan fingerprint density at radius 3 is 1.97 bits per heavy atom. The lowest BCUT2D eigenvalue weighted by atomic mass is 10.0. The minimum atomic E-state index is -0.800. The monoisotopic (exact) mass is 448 g/mol. The molecule has 0 spiro atoms. The summed E-state index contributed by atoms with van der Waals surface area (Å²) in [6.07, 6.45) is 30.3. The highest BCUT2D eigenvalue weighted by Gasteiger charge is 2.36. The number of carboxylic acids is 1. The molecule has 184 valence electrons. The van der Waals surface area contributed by atoms with Gasteiger partial charge in [-0.2, -0.15) is 0 Å². The van der Waals surface area contributed by atoms with Gasteiger partial charge in [-0.1, -0.05) is 89.7 Å². The molecule has 0 aliphatic carbocycles. The number of carbonyl (C=O) groups is 1. The molecule has 0 fully saturated rings. The third kappa shape index (κ3) is 13.2. The van der Waals surface area contributed by atoms with Crippen LogP contribution in [0.1, 0.15) is 116 Å². The Morgan fingerprint density at radius 1 is 0.906 bits per heavy atom. The minimum absolute atomic E-state index is 0.0430. The molecule has 3 N–H and O–H groups in total. The van der Waals surface area contributed by atoms with Gasteiger partial charge in [-0.05, 0) is 32.1 Å². The van der Waals surface area contributed by atoms with Crippen LogP contribution in [0.4, 0.5) is 0 Å². The van der Waals surface area contributed by atoms with Gasteiger partial charge in [-0.25, -0.2) is 14.3 Å². The number of hydrogen-bond donors (Lipinski definition) is 2. The quantitative estimate of drug-likeness (QED) is 0.107. The molecule has 0 aromatic rings. The Bertz CT molecular complexity index is 571. The van der Waals surface area contributed by atoms with E-state index in [0.29, 0.717) is 17.6 Å². The molecule has 0 aromatic heterocycles. The lowest BCUT2D eigenvalue weighted by Crippen LogP contribution is -2.52. The Labute approximate surface area is 197 Å². The molecule has 0 saturated carbocycles. The third-order valence-electron chi connectivity index (χ3n) is 6.45. The molecule has 5 nitrogen and oxygen atoms in total. The Kier molecular flexibility index (Phi) is 17.0. The number of aliphatic carboxylic acids is 1. The highest BCUT2D eigenvalue weighted by molar-refractivity contribution is 5.81. The van der Waals surface area contributed by atoms with E-state index < -0.39 is 5.97 Å². The van der Waals surface area contributed by atoms with Crippen molar-refractivity contribution in [1.82, 2.24) is 0 Å². The predicted octanol–water partition coefficient (Wildman–Crippen LogP) is 6.94. The van der Waals surface area contributed by atoms with Gasteiger partial charge in [0.2, 0.25) is 5.84 Å². The number of rotatable bonds is 22. The van der Waals surface area contributed by atoms with Crippen LogP contribution in [0.5, 0.6) is 0 Å². The number of nitrogens with two attached hydrogens (primary N) is 1. The van der Waals surface area contributed by atoms with Gasteiger partial charge in [-0.15, -0.1) is 0 Å². The third-order valence-corrected chi connectivity index (χ3v) is 6.45. The molecular formula is C27H50N3O2+. The van der Waals surface area contributed by atoms with Gasteiger partial charge in [0, 0.05) is 13.0 Å². The van der Waals surface area contributed by atoms with Crippen LogP contribution in [0.25, 0.3) is 0 Å². The first-order valence-electron chi connectivity index (χ1n) is 13.3. The number of aliphatic imine (C=N–C) groups is 1. The van der Waals surface area contributed by atoms with Crippen molar-refractivity contribution in [2.75, 3.05) is 19.6 Å². The minimum Gasteiger partial charge on any atom is -0.477 e. The predicted molar refractivity (Wildman–Crippen MR) is 137 cm³/mol. The van der Waals surface area contributed by atoms with Gasteiger partial charge >= 0.3 is 5.97 Å². The first-order chi connectivity index (χ1) is 15.6. The molecule has 0 aromatic carbocycles. The van der Waals surface area contributed by atoms with Crippen molar-refractivity contribution in [1.29, 1.82) is 0 Å². The van der Waals surface area contributed by atoms with Gasteiger partial charge in [0.1, 0.15) is 12.7 Å². The molecule has 1 aliphatic rings. The summed E-state index contributed by atoms with van der Waals surface area (Å²) in [6, 6.07) is 0. The highest BCUT2D eigenvalue weighted by atomic mass is 16.4. The fraction of sp³-hybridized carbons (Fsp3) is 0.778. The average molecular weight is 449 g/mol. The molecule has 1 aliphatic heterocycles. The van der Waals surface area contributed by atoms with E-state index in [2.05, 4.69) is 24.1 Å².